The van der Waals surface area contributed by atoms with Crippen LogP contribution in [0, 0.1) is 5.41 Å². The van der Waals surface area contributed by atoms with E-state index in [9.17, 15) is 0 Å². The lowest BCUT2D eigenvalue weighted by Gasteiger charge is -2.20. The topological polar surface area (TPSA) is 12.4 Å². The minimum Gasteiger partial charge on any atom is -0.300 e. The molecule has 0 saturated heterocycles. The van der Waals surface area contributed by atoms with Crippen LogP contribution >= 0.6 is 11.8 Å². The molecule has 1 nitrogen and oxygen atoms in total. The first-order valence-electron chi connectivity index (χ1n) is 3.54. The normalized spacial score (nSPS) is 11.5. The van der Waals surface area contributed by atoms with Gasteiger partial charge in [0.2, 0.25) is 0 Å². The van der Waals surface area contributed by atoms with Crippen molar-refractivity contribution in [2.45, 2.75) is 20.3 Å². The van der Waals surface area contributed by atoms with Gasteiger partial charge in [0.1, 0.15) is 0 Å². The third-order valence-corrected chi connectivity index (χ3v) is 2.14. The Hall–Kier alpha value is 0.0200. The van der Waals surface area contributed by atoms with Crippen molar-refractivity contribution in [3.05, 3.63) is 0 Å². The van der Waals surface area contributed by atoms with Crippen LogP contribution in [-0.2, 0) is 0 Å². The smallest absolute Gasteiger partial charge is 0.0433 e. The van der Waals surface area contributed by atoms with Crippen molar-refractivity contribution < 1.29 is 0 Å². The molecule has 60 valence electrons. The summed E-state index contributed by atoms with van der Waals surface area (Å²) < 4.78 is 0. The van der Waals surface area contributed by atoms with Gasteiger partial charge in [-0.15, -0.1) is 0 Å². The first-order chi connectivity index (χ1) is 4.62. The summed E-state index contributed by atoms with van der Waals surface area (Å²) in [6.45, 7) is 8.85. The Labute approximate surface area is 68.3 Å². The van der Waals surface area contributed by atoms with Gasteiger partial charge in [-0.2, -0.15) is 11.8 Å². The Kier molecular flexibility index (Phi) is 4.79. The first kappa shape index (κ1) is 10.0. The fourth-order valence-electron chi connectivity index (χ4n) is 0.760. The van der Waals surface area contributed by atoms with Gasteiger partial charge >= 0.3 is 0 Å². The van der Waals surface area contributed by atoms with E-state index in [0.29, 0.717) is 5.41 Å². The molecule has 0 aromatic rings. The van der Waals surface area contributed by atoms with Crippen molar-refractivity contribution in [3.8, 4) is 0 Å². The van der Waals surface area contributed by atoms with E-state index in [1.54, 1.807) is 0 Å². The zero-order chi connectivity index (χ0) is 8.04. The summed E-state index contributed by atoms with van der Waals surface area (Å²) in [5, 5.41) is 0. The molecule has 0 atom stereocenters. The summed E-state index contributed by atoms with van der Waals surface area (Å²) in [6.07, 6.45) is 3.37. The molecule has 10 heavy (non-hydrogen) atoms. The Morgan fingerprint density at radius 3 is 2.50 bits per heavy atom. The zero-order valence-electron chi connectivity index (χ0n) is 7.18. The monoisotopic (exact) mass is 159 g/mol. The molecular weight excluding hydrogens is 142 g/mol. The third-order valence-electron chi connectivity index (χ3n) is 1.52. The van der Waals surface area contributed by atoms with Crippen LogP contribution in [0.1, 0.15) is 20.3 Å². The highest BCUT2D eigenvalue weighted by molar-refractivity contribution is 7.98. The minimum absolute atomic E-state index is 0.352. The maximum Gasteiger partial charge on any atom is 0.0433 e. The van der Waals surface area contributed by atoms with Gasteiger partial charge in [0.15, 0.2) is 0 Å². The van der Waals surface area contributed by atoms with Gasteiger partial charge in [0.25, 0.3) is 0 Å². The van der Waals surface area contributed by atoms with Gasteiger partial charge in [-0.25, -0.2) is 0 Å². The molecule has 0 aromatic heterocycles. The van der Waals surface area contributed by atoms with E-state index < -0.39 is 0 Å². The maximum absolute atomic E-state index is 3.90. The lowest BCUT2D eigenvalue weighted by atomic mass is 9.91. The number of hydrogen-bond acceptors (Lipinski definition) is 2. The largest absolute Gasteiger partial charge is 0.300 e. The van der Waals surface area contributed by atoms with Gasteiger partial charge in [-0.05, 0) is 30.6 Å². The second-order valence-electron chi connectivity index (χ2n) is 3.29. The summed E-state index contributed by atoms with van der Waals surface area (Å²) in [7, 11) is 0. The molecule has 0 unspecified atom stereocenters. The van der Waals surface area contributed by atoms with Crippen molar-refractivity contribution in [1.82, 2.24) is 0 Å². The Morgan fingerprint density at radius 2 is 2.10 bits per heavy atom. The van der Waals surface area contributed by atoms with Crippen molar-refractivity contribution in [1.29, 1.82) is 0 Å². The van der Waals surface area contributed by atoms with Gasteiger partial charge < -0.3 is 4.99 Å². The number of rotatable bonds is 5. The average Bonchev–Trinajstić information content (AvgIpc) is 1.84. The molecule has 0 spiro atoms. The van der Waals surface area contributed by atoms with E-state index in [-0.39, 0.29) is 0 Å². The molecule has 2 heteroatoms. The summed E-state index contributed by atoms with van der Waals surface area (Å²) in [5.74, 6) is 1.22. The highest BCUT2D eigenvalue weighted by atomic mass is 32.2. The predicted molar refractivity (Wildman–Crippen MR) is 51.2 cm³/mol. The SMILES string of the molecule is C=NCC(C)(C)CCSC. The number of thioether (sulfide) groups is 1. The fourth-order valence-corrected chi connectivity index (χ4v) is 1.52. The molecule has 0 aromatic carbocycles. The van der Waals surface area contributed by atoms with Crippen LogP contribution in [0.2, 0.25) is 0 Å². The highest BCUT2D eigenvalue weighted by Crippen LogP contribution is 2.21. The van der Waals surface area contributed by atoms with E-state index in [2.05, 4.69) is 31.8 Å². The molecule has 0 radical (unpaired) electrons. The fraction of sp³-hybridized carbons (Fsp3) is 0.875. The Bertz CT molecular complexity index is 99.4. The Balaban J connectivity index is 3.51. The van der Waals surface area contributed by atoms with Gasteiger partial charge in [0.05, 0.1) is 0 Å². The summed E-state index contributed by atoms with van der Waals surface area (Å²) in [5.41, 5.74) is 0.352. The van der Waals surface area contributed by atoms with Crippen LogP contribution in [0.4, 0.5) is 0 Å². The standard InChI is InChI=1S/C8H17NS/c1-8(2,7-9-3)5-6-10-4/h3,5-7H2,1-2,4H3. The zero-order valence-corrected chi connectivity index (χ0v) is 8.00. The second kappa shape index (κ2) is 4.78. The molecule has 0 aliphatic carbocycles. The molecule has 0 amide bonds. The molecule has 0 N–H and O–H groups in total. The maximum atomic E-state index is 3.90. The second-order valence-corrected chi connectivity index (χ2v) is 4.27. The lowest BCUT2D eigenvalue weighted by Crippen LogP contribution is -2.16. The minimum atomic E-state index is 0.352. The predicted octanol–water partition coefficient (Wildman–Crippen LogP) is 2.47. The van der Waals surface area contributed by atoms with Crippen molar-refractivity contribution in [2.75, 3.05) is 18.6 Å². The Morgan fingerprint density at radius 1 is 1.50 bits per heavy atom. The van der Waals surface area contributed by atoms with Crippen LogP contribution in [0.25, 0.3) is 0 Å². The van der Waals surface area contributed by atoms with E-state index in [1.165, 1.54) is 12.2 Å². The highest BCUT2D eigenvalue weighted by Gasteiger charge is 2.15. The number of aliphatic imine (C=N–C) groups is 1. The first-order valence-corrected chi connectivity index (χ1v) is 4.93. The van der Waals surface area contributed by atoms with Crippen molar-refractivity contribution in [2.24, 2.45) is 10.4 Å². The molecular formula is C8H17NS. The van der Waals surface area contributed by atoms with Crippen molar-refractivity contribution >= 4 is 18.5 Å². The van der Waals surface area contributed by atoms with Crippen molar-refractivity contribution in [3.63, 3.8) is 0 Å². The molecule has 0 rings (SSSR count). The molecule has 0 saturated carbocycles. The lowest BCUT2D eigenvalue weighted by molar-refractivity contribution is 0.370. The van der Waals surface area contributed by atoms with Crippen LogP contribution in [0.15, 0.2) is 4.99 Å². The third kappa shape index (κ3) is 4.86. The summed E-state index contributed by atoms with van der Waals surface area (Å²) in [4.78, 5) is 3.90. The van der Waals surface area contributed by atoms with E-state index in [4.69, 9.17) is 0 Å². The summed E-state index contributed by atoms with van der Waals surface area (Å²) >= 11 is 1.89. The van der Waals surface area contributed by atoms with Gasteiger partial charge in [-0.1, -0.05) is 13.8 Å². The summed E-state index contributed by atoms with van der Waals surface area (Å²) in [6, 6.07) is 0. The van der Waals surface area contributed by atoms with Crippen LogP contribution in [0.5, 0.6) is 0 Å². The average molecular weight is 159 g/mol. The van der Waals surface area contributed by atoms with Crippen LogP contribution in [0.3, 0.4) is 0 Å². The van der Waals surface area contributed by atoms with E-state index in [0.717, 1.165) is 6.54 Å². The molecule has 0 aliphatic rings. The van der Waals surface area contributed by atoms with E-state index in [1.807, 2.05) is 11.8 Å². The quantitative estimate of drug-likeness (QED) is 0.561. The number of hydrogen-bond donors (Lipinski definition) is 0. The van der Waals surface area contributed by atoms with Crippen LogP contribution < -0.4 is 0 Å². The van der Waals surface area contributed by atoms with Crippen LogP contribution in [-0.4, -0.2) is 25.3 Å². The molecule has 0 aliphatic heterocycles. The van der Waals surface area contributed by atoms with Gasteiger partial charge in [-0.3, -0.25) is 0 Å². The molecule has 0 fully saturated rings. The van der Waals surface area contributed by atoms with E-state index >= 15 is 0 Å². The number of nitrogens with zero attached hydrogens (tertiary/aromatic N) is 1. The van der Waals surface area contributed by atoms with Gasteiger partial charge in [0, 0.05) is 6.54 Å². The molecule has 0 bridgehead atoms. The molecule has 0 heterocycles.